The number of rotatable bonds is 2. The number of halogens is 1. The van der Waals surface area contributed by atoms with E-state index in [2.05, 4.69) is 76.6 Å². The van der Waals surface area contributed by atoms with Crippen LogP contribution in [0.2, 0.25) is 9.26 Å². The molecule has 2 aromatic carbocycles. The molecule has 132 valence electrons. The van der Waals surface area contributed by atoms with Crippen molar-refractivity contribution in [3.8, 4) is 0 Å². The van der Waals surface area contributed by atoms with Crippen molar-refractivity contribution < 1.29 is 20.6 Å². The molecule has 0 unspecified atom stereocenters. The molecule has 0 amide bonds. The summed E-state index contributed by atoms with van der Waals surface area (Å²) in [6.45, 7) is 9.22. The summed E-state index contributed by atoms with van der Waals surface area (Å²) in [5, 5.41) is 2.80. The molecule has 0 fully saturated rings. The standard InChI is InChI=1S/C14H11.C4H10N.2CH3.ClH.H4Si.Zr/c1-10-8-12-7-6-11-4-2-3-5-13(11)14(12)9-10;1-4(2,3)5;;;;;/h2-7H,8H2,1H3;5H,1-3H3;2*1H3;1H;1H4;/q;-1;;;;;+1. The molecule has 0 aliphatic heterocycles. The van der Waals surface area contributed by atoms with Crippen LogP contribution in [0.5, 0.6) is 0 Å². The molecule has 0 radical (unpaired) electrons. The number of hydrogen-bond donors (Lipinski definition) is 1. The zero-order valence-corrected chi connectivity index (χ0v) is 18.4. The molecule has 0 saturated heterocycles. The Morgan fingerprint density at radius 1 is 1.00 bits per heavy atom. The third-order valence-electron chi connectivity index (χ3n) is 4.46. The second kappa shape index (κ2) is 7.58. The summed E-state index contributed by atoms with van der Waals surface area (Å²) in [7, 11) is 0. The maximum atomic E-state index is 4.03. The van der Waals surface area contributed by atoms with E-state index in [9.17, 15) is 0 Å². The van der Waals surface area contributed by atoms with Gasteiger partial charge >= 0.3 is 140 Å². The van der Waals surface area contributed by atoms with E-state index in [-0.39, 0.29) is 28.9 Å². The summed E-state index contributed by atoms with van der Waals surface area (Å²) >= 11 is -2.56. The van der Waals surface area contributed by atoms with Gasteiger partial charge < -0.3 is 0 Å². The minimum absolute atomic E-state index is 0. The van der Waals surface area contributed by atoms with E-state index < -0.39 is 20.6 Å². The maximum Gasteiger partial charge on any atom is -0.0149 e. The van der Waals surface area contributed by atoms with E-state index in [0.717, 1.165) is 6.42 Å². The molecule has 1 nitrogen and oxygen atoms in total. The zero-order chi connectivity index (χ0) is 16.1. The van der Waals surface area contributed by atoms with Gasteiger partial charge in [-0.05, 0) is 11.0 Å². The molecule has 0 atom stereocenters. The molecule has 0 aromatic heterocycles. The molecule has 1 aliphatic rings. The van der Waals surface area contributed by atoms with Crippen LogP contribution in [0.15, 0.2) is 42.0 Å². The predicted octanol–water partition coefficient (Wildman–Crippen LogP) is 4.65. The summed E-state index contributed by atoms with van der Waals surface area (Å²) < 4.78 is 10.8. The quantitative estimate of drug-likeness (QED) is 0.670. The van der Waals surface area contributed by atoms with Crippen molar-refractivity contribution in [3.05, 3.63) is 53.1 Å². The van der Waals surface area contributed by atoms with Gasteiger partial charge in [0, 0.05) is 0 Å². The van der Waals surface area contributed by atoms with Crippen molar-refractivity contribution in [2.24, 2.45) is 0 Å². The predicted molar refractivity (Wildman–Crippen MR) is 113 cm³/mol. The van der Waals surface area contributed by atoms with Gasteiger partial charge in [-0.15, -0.1) is 12.4 Å². The third-order valence-corrected chi connectivity index (χ3v) is 12.6. The summed E-state index contributed by atoms with van der Waals surface area (Å²) in [5.41, 5.74) is 4.84. The molecule has 0 bridgehead atoms. The molecular formula is C20H32ClNSiZr. The van der Waals surface area contributed by atoms with E-state index in [0.29, 0.717) is 0 Å². The van der Waals surface area contributed by atoms with Crippen LogP contribution in [0.3, 0.4) is 0 Å². The monoisotopic (exact) mass is 439 g/mol. The van der Waals surface area contributed by atoms with Gasteiger partial charge in [0.05, 0.1) is 0 Å². The molecule has 0 spiro atoms. The topological polar surface area (TPSA) is 12.0 Å². The minimum atomic E-state index is -2.56. The van der Waals surface area contributed by atoms with Crippen molar-refractivity contribution in [1.29, 1.82) is 0 Å². The Bertz CT molecular complexity index is 775. The van der Waals surface area contributed by atoms with Crippen molar-refractivity contribution in [3.63, 3.8) is 0 Å². The number of nitrogens with one attached hydrogen (secondary N) is 1. The van der Waals surface area contributed by atoms with Crippen LogP contribution in [-0.2, 0) is 27.0 Å². The van der Waals surface area contributed by atoms with Gasteiger partial charge in [-0.2, -0.15) is 0 Å². The van der Waals surface area contributed by atoms with Crippen LogP contribution in [0.1, 0.15) is 38.8 Å². The van der Waals surface area contributed by atoms with Crippen LogP contribution in [0, 0.1) is 0 Å². The summed E-state index contributed by atoms with van der Waals surface area (Å²) in [6.07, 6.45) is 1.13. The third kappa shape index (κ3) is 4.12. The van der Waals surface area contributed by atoms with Gasteiger partial charge in [0.25, 0.3) is 0 Å². The Labute approximate surface area is 162 Å². The molecule has 0 saturated carbocycles. The van der Waals surface area contributed by atoms with Gasteiger partial charge in [-0.3, -0.25) is 0 Å². The Balaban J connectivity index is 0.00000144. The molecule has 4 heteroatoms. The minimum Gasteiger partial charge on any atom is -0.147 e. The second-order valence-electron chi connectivity index (χ2n) is 8.15. The van der Waals surface area contributed by atoms with Crippen LogP contribution in [-0.4, -0.2) is 16.5 Å². The average Bonchev–Trinajstić information content (AvgIpc) is 2.73. The molecule has 2 aromatic rings. The van der Waals surface area contributed by atoms with Crippen molar-refractivity contribution in [2.75, 3.05) is 0 Å². The number of fused-ring (bicyclic) bond motifs is 3. The Morgan fingerprint density at radius 3 is 2.25 bits per heavy atom. The fourth-order valence-corrected chi connectivity index (χ4v) is 14.2. The van der Waals surface area contributed by atoms with Crippen molar-refractivity contribution >= 4 is 37.4 Å². The normalized spacial score (nSPS) is 14.2. The van der Waals surface area contributed by atoms with Crippen LogP contribution in [0.4, 0.5) is 0 Å². The molecule has 0 heterocycles. The van der Waals surface area contributed by atoms with E-state index in [4.69, 9.17) is 0 Å². The Hall–Kier alpha value is -0.210. The molecule has 3 rings (SSSR count). The van der Waals surface area contributed by atoms with Gasteiger partial charge in [-0.25, -0.2) is 0 Å². The fraction of sp³-hybridized carbons (Fsp3) is 0.400. The molecule has 24 heavy (non-hydrogen) atoms. The van der Waals surface area contributed by atoms with Crippen molar-refractivity contribution in [1.82, 2.24) is 3.26 Å². The van der Waals surface area contributed by atoms with E-state index in [1.54, 1.807) is 14.4 Å². The van der Waals surface area contributed by atoms with E-state index in [1.807, 2.05) is 0 Å². The number of hydrogen-bond acceptors (Lipinski definition) is 1. The molecule has 1 N–H and O–H groups in total. The largest absolute Gasteiger partial charge is 0.147 e. The van der Waals surface area contributed by atoms with Crippen LogP contribution in [0.25, 0.3) is 14.1 Å². The summed E-state index contributed by atoms with van der Waals surface area (Å²) in [4.78, 5) is 0. The van der Waals surface area contributed by atoms with Gasteiger partial charge in [0.15, 0.2) is 0 Å². The first-order valence-corrected chi connectivity index (χ1v) is 15.6. The SMILES string of the molecule is CC1=[C]([Zr]([CH3])([CH3])[NH]C(C)(C)C)c2c(ccc3ccccc23)C1.Cl.[SiH4]. The van der Waals surface area contributed by atoms with E-state index >= 15 is 0 Å². The molecular weight excluding hydrogens is 409 g/mol. The first kappa shape index (κ1) is 21.8. The second-order valence-corrected chi connectivity index (χ2v) is 18.0. The fourth-order valence-electron chi connectivity index (χ4n) is 4.19. The average molecular weight is 441 g/mol. The van der Waals surface area contributed by atoms with Gasteiger partial charge in [0.2, 0.25) is 0 Å². The Morgan fingerprint density at radius 2 is 1.62 bits per heavy atom. The van der Waals surface area contributed by atoms with Crippen molar-refractivity contribution in [2.45, 2.75) is 48.9 Å². The number of allylic oxidation sites excluding steroid dienone is 1. The molecule has 1 aliphatic carbocycles. The smallest absolute Gasteiger partial charge is 0.0149 e. The van der Waals surface area contributed by atoms with Gasteiger partial charge in [0.1, 0.15) is 0 Å². The first-order valence-electron chi connectivity index (χ1n) is 8.20. The van der Waals surface area contributed by atoms with E-state index in [1.165, 1.54) is 16.3 Å². The zero-order valence-electron chi connectivity index (χ0n) is 15.1. The number of benzene rings is 2. The van der Waals surface area contributed by atoms with Gasteiger partial charge in [-0.1, -0.05) is 0 Å². The maximum absolute atomic E-state index is 4.03. The Kier molecular flexibility index (Phi) is 6.89. The first-order chi connectivity index (χ1) is 10.2. The van der Waals surface area contributed by atoms with Crippen LogP contribution >= 0.6 is 12.4 Å². The van der Waals surface area contributed by atoms with Crippen LogP contribution < -0.4 is 3.26 Å². The summed E-state index contributed by atoms with van der Waals surface area (Å²) in [5.74, 6) is 0. The summed E-state index contributed by atoms with van der Waals surface area (Å²) in [6, 6.07) is 13.5.